The van der Waals surface area contributed by atoms with Gasteiger partial charge in [0, 0.05) is 23.5 Å². The van der Waals surface area contributed by atoms with Gasteiger partial charge in [-0.25, -0.2) is 0 Å². The van der Waals surface area contributed by atoms with E-state index in [1.807, 2.05) is 72.9 Å². The van der Waals surface area contributed by atoms with Gasteiger partial charge in [0.1, 0.15) is 5.75 Å². The summed E-state index contributed by atoms with van der Waals surface area (Å²) in [5.41, 5.74) is 4.49. The number of fused-ring (bicyclic) bond motifs is 1. The van der Waals surface area contributed by atoms with Crippen LogP contribution >= 0.6 is 0 Å². The largest absolute Gasteiger partial charge is 0.497 e. The van der Waals surface area contributed by atoms with Crippen molar-refractivity contribution in [3.63, 3.8) is 0 Å². The van der Waals surface area contributed by atoms with Crippen molar-refractivity contribution in [2.75, 3.05) is 7.11 Å². The summed E-state index contributed by atoms with van der Waals surface area (Å²) >= 11 is 0. The molecule has 0 radical (unpaired) electrons. The van der Waals surface area contributed by atoms with Gasteiger partial charge in [-0.2, -0.15) is 0 Å². The highest BCUT2D eigenvalue weighted by Crippen LogP contribution is 2.25. The summed E-state index contributed by atoms with van der Waals surface area (Å²) in [6, 6.07) is 26.0. The number of rotatable bonds is 8. The molecular formula is C26H26N2O2. The number of methoxy groups -OCH3 is 1. The van der Waals surface area contributed by atoms with Crippen LogP contribution in [0.4, 0.5) is 0 Å². The van der Waals surface area contributed by atoms with Crippen LogP contribution in [-0.2, 0) is 11.2 Å². The van der Waals surface area contributed by atoms with Crippen molar-refractivity contribution < 1.29 is 9.53 Å². The number of aryl methyl sites for hydroxylation is 1. The minimum absolute atomic E-state index is 0.0551. The molecule has 1 aromatic heterocycles. The number of aromatic nitrogens is 1. The van der Waals surface area contributed by atoms with Crippen molar-refractivity contribution in [3.05, 3.63) is 102 Å². The van der Waals surface area contributed by atoms with E-state index in [0.29, 0.717) is 6.42 Å². The average molecular weight is 399 g/mol. The van der Waals surface area contributed by atoms with E-state index in [4.69, 9.17) is 4.74 Å². The molecule has 3 aromatic carbocycles. The predicted molar refractivity (Wildman–Crippen MR) is 121 cm³/mol. The minimum Gasteiger partial charge on any atom is -0.497 e. The summed E-state index contributed by atoms with van der Waals surface area (Å²) in [6.45, 7) is 0. The van der Waals surface area contributed by atoms with E-state index in [-0.39, 0.29) is 11.9 Å². The lowest BCUT2D eigenvalue weighted by atomic mass is 9.98. The van der Waals surface area contributed by atoms with Gasteiger partial charge in [-0.15, -0.1) is 0 Å². The van der Waals surface area contributed by atoms with Crippen molar-refractivity contribution in [1.82, 2.24) is 10.3 Å². The van der Waals surface area contributed by atoms with Gasteiger partial charge >= 0.3 is 0 Å². The predicted octanol–water partition coefficient (Wildman–Crippen LogP) is 5.41. The highest BCUT2D eigenvalue weighted by molar-refractivity contribution is 5.83. The first-order chi connectivity index (χ1) is 14.7. The third-order valence-electron chi connectivity index (χ3n) is 5.41. The number of para-hydroxylation sites is 1. The number of hydrogen-bond acceptors (Lipinski definition) is 2. The second kappa shape index (κ2) is 9.31. The van der Waals surface area contributed by atoms with Gasteiger partial charge in [0.2, 0.25) is 5.91 Å². The molecule has 0 bridgehead atoms. The minimum atomic E-state index is -0.183. The molecular weight excluding hydrogens is 372 g/mol. The third kappa shape index (κ3) is 4.54. The maximum absolute atomic E-state index is 12.8. The quantitative estimate of drug-likeness (QED) is 0.417. The molecule has 2 N–H and O–H groups in total. The van der Waals surface area contributed by atoms with Crippen LogP contribution in [0.3, 0.4) is 0 Å². The van der Waals surface area contributed by atoms with Crippen LogP contribution in [0, 0.1) is 0 Å². The number of nitrogens with one attached hydrogen (secondary N) is 2. The molecule has 4 aromatic rings. The van der Waals surface area contributed by atoms with Gasteiger partial charge in [0.25, 0.3) is 0 Å². The molecule has 4 heteroatoms. The molecule has 0 unspecified atom stereocenters. The highest BCUT2D eigenvalue weighted by atomic mass is 16.5. The van der Waals surface area contributed by atoms with E-state index in [1.165, 1.54) is 10.9 Å². The normalized spacial score (nSPS) is 11.9. The molecule has 0 spiro atoms. The van der Waals surface area contributed by atoms with Crippen molar-refractivity contribution in [2.45, 2.75) is 25.3 Å². The highest BCUT2D eigenvalue weighted by Gasteiger charge is 2.17. The molecule has 1 heterocycles. The summed E-state index contributed by atoms with van der Waals surface area (Å²) in [5.74, 6) is 0.857. The first kappa shape index (κ1) is 19.8. The third-order valence-corrected chi connectivity index (χ3v) is 5.41. The Bertz CT molecular complexity index is 1100. The van der Waals surface area contributed by atoms with Crippen molar-refractivity contribution in [2.24, 2.45) is 0 Å². The fourth-order valence-electron chi connectivity index (χ4n) is 3.81. The second-order valence-electron chi connectivity index (χ2n) is 7.40. The van der Waals surface area contributed by atoms with Crippen LogP contribution < -0.4 is 10.1 Å². The Labute approximate surface area is 176 Å². The van der Waals surface area contributed by atoms with Gasteiger partial charge in [-0.1, -0.05) is 60.7 Å². The number of benzene rings is 3. The molecule has 0 saturated carbocycles. The Morgan fingerprint density at radius 3 is 2.40 bits per heavy atom. The smallest absolute Gasteiger partial charge is 0.220 e. The Kier molecular flexibility index (Phi) is 6.14. The Morgan fingerprint density at radius 2 is 1.63 bits per heavy atom. The lowest BCUT2D eigenvalue weighted by Crippen LogP contribution is -2.29. The first-order valence-corrected chi connectivity index (χ1v) is 10.3. The molecule has 152 valence electrons. The molecule has 0 fully saturated rings. The van der Waals surface area contributed by atoms with Crippen LogP contribution in [0.1, 0.15) is 35.6 Å². The Hall–Kier alpha value is -3.53. The molecule has 1 amide bonds. The standard InChI is InChI=1S/C26H26N2O2/c1-30-22-16-14-20(15-17-22)26(19-8-3-2-4-9-19)28-25(29)13-7-10-21-18-27-24-12-6-5-11-23(21)24/h2-6,8-9,11-12,14-18,26-27H,7,10,13H2,1H3,(H,28,29)/t26-/m1/s1. The molecule has 0 aliphatic rings. The number of ether oxygens (including phenoxy) is 1. The first-order valence-electron chi connectivity index (χ1n) is 10.3. The topological polar surface area (TPSA) is 54.1 Å². The van der Waals surface area contributed by atoms with Crippen LogP contribution in [0.2, 0.25) is 0 Å². The molecule has 30 heavy (non-hydrogen) atoms. The Balaban J connectivity index is 1.42. The molecule has 0 saturated heterocycles. The summed E-state index contributed by atoms with van der Waals surface area (Å²) < 4.78 is 5.26. The summed E-state index contributed by atoms with van der Waals surface area (Å²) in [4.78, 5) is 16.1. The summed E-state index contributed by atoms with van der Waals surface area (Å²) in [5, 5.41) is 4.45. The maximum Gasteiger partial charge on any atom is 0.220 e. The molecule has 0 aliphatic carbocycles. The van der Waals surface area contributed by atoms with E-state index < -0.39 is 0 Å². The van der Waals surface area contributed by atoms with Crippen molar-refractivity contribution >= 4 is 16.8 Å². The van der Waals surface area contributed by atoms with Gasteiger partial charge in [0.15, 0.2) is 0 Å². The van der Waals surface area contributed by atoms with E-state index in [2.05, 4.69) is 22.4 Å². The lowest BCUT2D eigenvalue weighted by molar-refractivity contribution is -0.121. The number of hydrogen-bond donors (Lipinski definition) is 2. The zero-order valence-electron chi connectivity index (χ0n) is 17.1. The number of H-pyrrole nitrogens is 1. The second-order valence-corrected chi connectivity index (χ2v) is 7.40. The van der Waals surface area contributed by atoms with Crippen molar-refractivity contribution in [1.29, 1.82) is 0 Å². The van der Waals surface area contributed by atoms with Crippen LogP contribution in [0.15, 0.2) is 85.1 Å². The van der Waals surface area contributed by atoms with Gasteiger partial charge < -0.3 is 15.0 Å². The molecule has 0 aliphatic heterocycles. The SMILES string of the molecule is COc1ccc([C@H](NC(=O)CCCc2c[nH]c3ccccc23)c2ccccc2)cc1. The van der Waals surface area contributed by atoms with E-state index >= 15 is 0 Å². The molecule has 4 nitrogen and oxygen atoms in total. The fourth-order valence-corrected chi connectivity index (χ4v) is 3.81. The monoisotopic (exact) mass is 398 g/mol. The fraction of sp³-hybridized carbons (Fsp3) is 0.192. The van der Waals surface area contributed by atoms with Gasteiger partial charge in [-0.05, 0) is 47.7 Å². The van der Waals surface area contributed by atoms with E-state index in [9.17, 15) is 4.79 Å². The lowest BCUT2D eigenvalue weighted by Gasteiger charge is -2.20. The molecule has 4 rings (SSSR count). The zero-order valence-corrected chi connectivity index (χ0v) is 17.1. The summed E-state index contributed by atoms with van der Waals surface area (Å²) in [6.07, 6.45) is 4.21. The van der Waals surface area contributed by atoms with Gasteiger partial charge in [-0.3, -0.25) is 4.79 Å². The summed E-state index contributed by atoms with van der Waals surface area (Å²) in [7, 11) is 1.65. The van der Waals surface area contributed by atoms with Crippen LogP contribution in [-0.4, -0.2) is 18.0 Å². The van der Waals surface area contributed by atoms with Crippen LogP contribution in [0.25, 0.3) is 10.9 Å². The van der Waals surface area contributed by atoms with E-state index in [1.54, 1.807) is 7.11 Å². The zero-order chi connectivity index (χ0) is 20.8. The number of amides is 1. The average Bonchev–Trinajstić information content (AvgIpc) is 3.21. The number of carbonyl (C=O) groups is 1. The van der Waals surface area contributed by atoms with Gasteiger partial charge in [0.05, 0.1) is 13.2 Å². The number of aromatic amines is 1. The van der Waals surface area contributed by atoms with Crippen molar-refractivity contribution in [3.8, 4) is 5.75 Å². The Morgan fingerprint density at radius 1 is 0.933 bits per heavy atom. The molecule has 1 atom stereocenters. The van der Waals surface area contributed by atoms with Crippen LogP contribution in [0.5, 0.6) is 5.75 Å². The number of carbonyl (C=O) groups excluding carboxylic acids is 1. The maximum atomic E-state index is 12.8. The van der Waals surface area contributed by atoms with E-state index in [0.717, 1.165) is 35.2 Å².